The van der Waals surface area contributed by atoms with Crippen molar-refractivity contribution in [3.05, 3.63) is 82.4 Å². The van der Waals surface area contributed by atoms with Gasteiger partial charge >= 0.3 is 0 Å². The van der Waals surface area contributed by atoms with Gasteiger partial charge in [0, 0.05) is 28.8 Å². The summed E-state index contributed by atoms with van der Waals surface area (Å²) in [5.41, 5.74) is 0.378. The lowest BCUT2D eigenvalue weighted by Crippen LogP contribution is -2.17. The van der Waals surface area contributed by atoms with Crippen LogP contribution in [-0.2, 0) is 15.4 Å². The molecule has 1 heterocycles. The van der Waals surface area contributed by atoms with Crippen molar-refractivity contribution in [3.8, 4) is 0 Å². The summed E-state index contributed by atoms with van der Waals surface area (Å²) in [6, 6.07) is 10.5. The number of benzene rings is 2. The predicted octanol–water partition coefficient (Wildman–Crippen LogP) is 3.74. The zero-order valence-electron chi connectivity index (χ0n) is 17.6. The number of hydrogen-bond donors (Lipinski definition) is 2. The second kappa shape index (κ2) is 8.71. The lowest BCUT2D eigenvalue weighted by Gasteiger charge is -2.16. The summed E-state index contributed by atoms with van der Waals surface area (Å²) in [6.07, 6.45) is 3.04. The van der Waals surface area contributed by atoms with Crippen molar-refractivity contribution < 1.29 is 18.1 Å². The Kier molecular flexibility index (Phi) is 6.21. The maximum absolute atomic E-state index is 12.5. The summed E-state index contributed by atoms with van der Waals surface area (Å²) >= 11 is 0. The largest absolute Gasteiger partial charge is 0.319 e. The van der Waals surface area contributed by atoms with E-state index in [1.807, 2.05) is 20.8 Å². The van der Waals surface area contributed by atoms with Crippen molar-refractivity contribution in [2.24, 2.45) is 0 Å². The Morgan fingerprint density at radius 2 is 1.62 bits per heavy atom. The fraction of sp³-hybridized carbons (Fsp3) is 0.190. The molecular formula is C21H21N5O5S. The SMILES string of the molecule is CC(C)(C)c1ncc(NC(=O)c2ccc(NS(=O)(=O)c3cccc([N+](=O)[O-])c3)cc2)cn1. The number of carbonyl (C=O) groups is 1. The topological polar surface area (TPSA) is 144 Å². The fourth-order valence-electron chi connectivity index (χ4n) is 2.65. The number of nitro benzene ring substituents is 1. The van der Waals surface area contributed by atoms with E-state index in [1.165, 1.54) is 54.9 Å². The fourth-order valence-corrected chi connectivity index (χ4v) is 3.75. The van der Waals surface area contributed by atoms with Crippen molar-refractivity contribution in [2.45, 2.75) is 31.1 Å². The number of rotatable bonds is 6. The average molecular weight is 455 g/mol. The molecule has 1 aromatic heterocycles. The van der Waals surface area contributed by atoms with Crippen LogP contribution in [0.1, 0.15) is 37.0 Å². The molecule has 166 valence electrons. The first-order valence-corrected chi connectivity index (χ1v) is 11.0. The molecule has 3 aromatic rings. The molecule has 1 amide bonds. The molecule has 0 saturated heterocycles. The van der Waals surface area contributed by atoms with Crippen LogP contribution in [0.15, 0.2) is 65.8 Å². The van der Waals surface area contributed by atoms with E-state index in [9.17, 15) is 23.3 Å². The molecule has 0 aliphatic carbocycles. The highest BCUT2D eigenvalue weighted by molar-refractivity contribution is 7.92. The minimum absolute atomic E-state index is 0.200. The first kappa shape index (κ1) is 22.8. The van der Waals surface area contributed by atoms with E-state index in [0.717, 1.165) is 6.07 Å². The van der Waals surface area contributed by atoms with Gasteiger partial charge in [0.25, 0.3) is 21.6 Å². The van der Waals surface area contributed by atoms with Crippen LogP contribution in [0.25, 0.3) is 0 Å². The molecule has 0 fully saturated rings. The van der Waals surface area contributed by atoms with Crippen molar-refractivity contribution in [1.29, 1.82) is 0 Å². The van der Waals surface area contributed by atoms with E-state index in [-0.39, 0.29) is 21.7 Å². The molecule has 10 nitrogen and oxygen atoms in total. The van der Waals surface area contributed by atoms with E-state index >= 15 is 0 Å². The van der Waals surface area contributed by atoms with Crippen LogP contribution in [0, 0.1) is 10.1 Å². The number of amides is 1. The quantitative estimate of drug-likeness (QED) is 0.425. The van der Waals surface area contributed by atoms with Gasteiger partial charge < -0.3 is 5.32 Å². The molecule has 2 aromatic carbocycles. The second-order valence-electron chi connectivity index (χ2n) is 7.94. The zero-order chi connectivity index (χ0) is 23.5. The predicted molar refractivity (Wildman–Crippen MR) is 119 cm³/mol. The van der Waals surface area contributed by atoms with E-state index in [0.29, 0.717) is 17.1 Å². The van der Waals surface area contributed by atoms with Gasteiger partial charge in [-0.1, -0.05) is 26.8 Å². The van der Waals surface area contributed by atoms with Gasteiger partial charge in [-0.15, -0.1) is 0 Å². The number of aromatic nitrogens is 2. The smallest absolute Gasteiger partial charge is 0.270 e. The lowest BCUT2D eigenvalue weighted by molar-refractivity contribution is -0.385. The van der Waals surface area contributed by atoms with Gasteiger partial charge in [-0.25, -0.2) is 18.4 Å². The summed E-state index contributed by atoms with van der Waals surface area (Å²) in [4.78, 5) is 30.9. The maximum atomic E-state index is 12.5. The molecule has 0 spiro atoms. The normalized spacial score (nSPS) is 11.6. The molecule has 0 aliphatic rings. The third-order valence-electron chi connectivity index (χ3n) is 4.32. The van der Waals surface area contributed by atoms with Crippen LogP contribution < -0.4 is 10.0 Å². The first-order valence-electron chi connectivity index (χ1n) is 9.47. The van der Waals surface area contributed by atoms with E-state index in [1.54, 1.807) is 0 Å². The van der Waals surface area contributed by atoms with Crippen LogP contribution in [0.4, 0.5) is 17.1 Å². The Morgan fingerprint density at radius 3 is 2.19 bits per heavy atom. The molecule has 2 N–H and O–H groups in total. The number of nitro groups is 1. The molecule has 3 rings (SSSR count). The lowest BCUT2D eigenvalue weighted by atomic mass is 9.96. The summed E-state index contributed by atoms with van der Waals surface area (Å²) in [5, 5.41) is 13.6. The molecule has 0 bridgehead atoms. The Bertz CT molecular complexity index is 1250. The number of anilines is 2. The third kappa shape index (κ3) is 5.43. The number of non-ortho nitro benzene ring substituents is 1. The van der Waals surface area contributed by atoms with Gasteiger partial charge in [-0.2, -0.15) is 0 Å². The van der Waals surface area contributed by atoms with Gasteiger partial charge in [0.2, 0.25) is 0 Å². The number of nitrogens with one attached hydrogen (secondary N) is 2. The monoisotopic (exact) mass is 455 g/mol. The highest BCUT2D eigenvalue weighted by Gasteiger charge is 2.19. The summed E-state index contributed by atoms with van der Waals surface area (Å²) in [5.74, 6) is 0.237. The number of sulfonamides is 1. The van der Waals surface area contributed by atoms with Crippen LogP contribution in [-0.4, -0.2) is 29.2 Å². The van der Waals surface area contributed by atoms with E-state index in [2.05, 4.69) is 20.0 Å². The highest BCUT2D eigenvalue weighted by atomic mass is 32.2. The molecular weight excluding hydrogens is 434 g/mol. The summed E-state index contributed by atoms with van der Waals surface area (Å²) < 4.78 is 27.3. The van der Waals surface area contributed by atoms with E-state index < -0.39 is 20.9 Å². The minimum Gasteiger partial charge on any atom is -0.319 e. The van der Waals surface area contributed by atoms with Gasteiger partial charge in [0.1, 0.15) is 5.82 Å². The van der Waals surface area contributed by atoms with Crippen LogP contribution >= 0.6 is 0 Å². The van der Waals surface area contributed by atoms with Crippen molar-refractivity contribution in [3.63, 3.8) is 0 Å². The maximum Gasteiger partial charge on any atom is 0.270 e. The van der Waals surface area contributed by atoms with E-state index in [4.69, 9.17) is 0 Å². The molecule has 0 aliphatic heterocycles. The van der Waals surface area contributed by atoms with Crippen LogP contribution in [0.5, 0.6) is 0 Å². The van der Waals surface area contributed by atoms with Crippen LogP contribution in [0.2, 0.25) is 0 Å². The second-order valence-corrected chi connectivity index (χ2v) is 9.62. The Hall–Kier alpha value is -3.86. The highest BCUT2D eigenvalue weighted by Crippen LogP contribution is 2.21. The van der Waals surface area contributed by atoms with Crippen molar-refractivity contribution >= 4 is 33.0 Å². The van der Waals surface area contributed by atoms with Crippen LogP contribution in [0.3, 0.4) is 0 Å². The van der Waals surface area contributed by atoms with Gasteiger partial charge in [0.15, 0.2) is 0 Å². The van der Waals surface area contributed by atoms with Crippen molar-refractivity contribution in [1.82, 2.24) is 9.97 Å². The average Bonchev–Trinajstić information content (AvgIpc) is 2.74. The minimum atomic E-state index is -4.04. The molecule has 0 unspecified atom stereocenters. The molecule has 11 heteroatoms. The number of nitrogens with zero attached hydrogens (tertiary/aromatic N) is 3. The van der Waals surface area contributed by atoms with Gasteiger partial charge in [-0.3, -0.25) is 19.6 Å². The zero-order valence-corrected chi connectivity index (χ0v) is 18.4. The third-order valence-corrected chi connectivity index (χ3v) is 5.70. The summed E-state index contributed by atoms with van der Waals surface area (Å²) in [6.45, 7) is 5.94. The Labute approximate surface area is 184 Å². The first-order chi connectivity index (χ1) is 15.0. The molecule has 32 heavy (non-hydrogen) atoms. The Balaban J connectivity index is 1.70. The number of hydrogen-bond acceptors (Lipinski definition) is 7. The van der Waals surface area contributed by atoms with Gasteiger partial charge in [0.05, 0.1) is 27.9 Å². The molecule has 0 atom stereocenters. The Morgan fingerprint density at radius 1 is 1.00 bits per heavy atom. The molecule has 0 saturated carbocycles. The summed E-state index contributed by atoms with van der Waals surface area (Å²) in [7, 11) is -4.04. The van der Waals surface area contributed by atoms with Gasteiger partial charge in [-0.05, 0) is 30.3 Å². The van der Waals surface area contributed by atoms with Crippen molar-refractivity contribution in [2.75, 3.05) is 10.0 Å². The number of carbonyl (C=O) groups excluding carboxylic acids is 1. The molecule has 0 radical (unpaired) electrons. The standard InChI is InChI=1S/C21H21N5O5S/c1-21(2,3)20-22-12-16(13-23-20)24-19(27)14-7-9-15(10-8-14)25-32(30,31)18-6-4-5-17(11-18)26(28)29/h4-13,25H,1-3H3,(H,24,27).